The molecule has 2 rings (SSSR count). The van der Waals surface area contributed by atoms with Gasteiger partial charge in [-0.25, -0.2) is 18.1 Å². The van der Waals surface area contributed by atoms with Gasteiger partial charge >= 0.3 is 0 Å². The molecule has 1 fully saturated rings. The van der Waals surface area contributed by atoms with E-state index in [9.17, 15) is 13.2 Å². The van der Waals surface area contributed by atoms with Crippen LogP contribution in [0, 0.1) is 6.92 Å². The van der Waals surface area contributed by atoms with Crippen molar-refractivity contribution in [3.63, 3.8) is 0 Å². The molecule has 0 saturated carbocycles. The third kappa shape index (κ3) is 3.80. The fourth-order valence-corrected chi connectivity index (χ4v) is 3.21. The quantitative estimate of drug-likeness (QED) is 0.823. The molecule has 20 heavy (non-hydrogen) atoms. The van der Waals surface area contributed by atoms with Gasteiger partial charge in [0.1, 0.15) is 5.82 Å². The molecule has 1 aromatic heterocycles. The minimum Gasteiger partial charge on any atom is -0.343 e. The molecule has 0 spiro atoms. The van der Waals surface area contributed by atoms with Crippen LogP contribution >= 0.6 is 0 Å². The lowest BCUT2D eigenvalue weighted by Crippen LogP contribution is -2.37. The molecule has 7 nitrogen and oxygen atoms in total. The predicted octanol–water partition coefficient (Wildman–Crippen LogP) is 0.399. The summed E-state index contributed by atoms with van der Waals surface area (Å²) < 4.78 is 26.2. The van der Waals surface area contributed by atoms with Crippen molar-refractivity contribution in [2.24, 2.45) is 0 Å². The molecule has 2 N–H and O–H groups in total. The van der Waals surface area contributed by atoms with E-state index in [0.29, 0.717) is 5.82 Å². The van der Waals surface area contributed by atoms with Gasteiger partial charge in [0, 0.05) is 26.1 Å². The Kier molecular flexibility index (Phi) is 4.77. The largest absolute Gasteiger partial charge is 0.343 e. The molecule has 2 heterocycles. The summed E-state index contributed by atoms with van der Waals surface area (Å²) in [5, 5.41) is 0.0282. The van der Waals surface area contributed by atoms with E-state index < -0.39 is 10.0 Å². The van der Waals surface area contributed by atoms with Crippen LogP contribution in [0.5, 0.6) is 0 Å². The predicted molar refractivity (Wildman–Crippen MR) is 73.6 cm³/mol. The molecule has 0 unspecified atom stereocenters. The number of sulfonamides is 1. The second-order valence-electron chi connectivity index (χ2n) is 4.92. The van der Waals surface area contributed by atoms with Gasteiger partial charge in [0.05, 0.1) is 6.20 Å². The van der Waals surface area contributed by atoms with Gasteiger partial charge in [-0.3, -0.25) is 4.79 Å². The minimum atomic E-state index is -3.60. The third-order valence-electron chi connectivity index (χ3n) is 3.31. The van der Waals surface area contributed by atoms with Crippen molar-refractivity contribution in [3.8, 4) is 0 Å². The lowest BCUT2D eigenvalue weighted by atomic mass is 10.1. The van der Waals surface area contributed by atoms with Crippen LogP contribution in [0.25, 0.3) is 0 Å². The Labute approximate surface area is 118 Å². The molecule has 0 aromatic carbocycles. The molecule has 1 aliphatic rings. The van der Waals surface area contributed by atoms with E-state index in [-0.39, 0.29) is 23.9 Å². The second-order valence-corrected chi connectivity index (χ2v) is 6.66. The van der Waals surface area contributed by atoms with Gasteiger partial charge in [0.2, 0.25) is 5.91 Å². The zero-order valence-corrected chi connectivity index (χ0v) is 12.4. The number of carbonyl (C=O) groups is 1. The fraction of sp³-hybridized carbons (Fsp3) is 0.667. The van der Waals surface area contributed by atoms with Crippen molar-refractivity contribution in [1.82, 2.24) is 19.6 Å². The summed E-state index contributed by atoms with van der Waals surface area (Å²) in [5.74, 6) is 0.544. The molecule has 1 aliphatic heterocycles. The van der Waals surface area contributed by atoms with Crippen molar-refractivity contribution in [1.29, 1.82) is 0 Å². The monoisotopic (exact) mass is 300 g/mol. The van der Waals surface area contributed by atoms with E-state index in [0.717, 1.165) is 32.4 Å². The first-order valence-corrected chi connectivity index (χ1v) is 8.26. The number of aromatic amines is 1. The molecular formula is C12H20N4O3S. The number of nitrogens with zero attached hydrogens (tertiary/aromatic N) is 2. The summed E-state index contributed by atoms with van der Waals surface area (Å²) in [6.45, 7) is 3.35. The molecule has 8 heteroatoms. The number of aryl methyl sites for hydroxylation is 1. The van der Waals surface area contributed by atoms with Crippen LogP contribution in [0.15, 0.2) is 11.2 Å². The summed E-state index contributed by atoms with van der Waals surface area (Å²) in [4.78, 5) is 20.2. The van der Waals surface area contributed by atoms with Crippen molar-refractivity contribution in [3.05, 3.63) is 12.0 Å². The summed E-state index contributed by atoms with van der Waals surface area (Å²) >= 11 is 0. The Morgan fingerprint density at radius 3 is 2.70 bits per heavy atom. The highest BCUT2D eigenvalue weighted by molar-refractivity contribution is 7.89. The fourth-order valence-electron chi connectivity index (χ4n) is 2.21. The van der Waals surface area contributed by atoms with Crippen LogP contribution < -0.4 is 4.72 Å². The number of nitrogens with one attached hydrogen (secondary N) is 2. The normalized spacial score (nSPS) is 16.4. The maximum Gasteiger partial charge on any atom is 0.257 e. The van der Waals surface area contributed by atoms with Gasteiger partial charge in [-0.1, -0.05) is 0 Å². The zero-order chi connectivity index (χ0) is 14.6. The average molecular weight is 300 g/mol. The van der Waals surface area contributed by atoms with Crippen molar-refractivity contribution in [2.75, 3.05) is 19.6 Å². The first kappa shape index (κ1) is 15.0. The SMILES string of the molecule is Cc1ncc(S(=O)(=O)NCCC(=O)N2CCCCC2)[nH]1. The van der Waals surface area contributed by atoms with E-state index in [2.05, 4.69) is 14.7 Å². The van der Waals surface area contributed by atoms with Crippen LogP contribution in [0.2, 0.25) is 0 Å². The molecular weight excluding hydrogens is 280 g/mol. The molecule has 0 bridgehead atoms. The summed E-state index contributed by atoms with van der Waals surface area (Å²) in [7, 11) is -3.60. The first-order chi connectivity index (χ1) is 9.49. The first-order valence-electron chi connectivity index (χ1n) is 6.78. The van der Waals surface area contributed by atoms with Gasteiger partial charge < -0.3 is 9.88 Å². The number of aromatic nitrogens is 2. The number of likely N-dealkylation sites (tertiary alicyclic amines) is 1. The summed E-state index contributed by atoms with van der Waals surface area (Å²) in [6.07, 6.45) is 4.68. The topological polar surface area (TPSA) is 95.2 Å². The van der Waals surface area contributed by atoms with Crippen LogP contribution in [0.3, 0.4) is 0 Å². The van der Waals surface area contributed by atoms with Gasteiger partial charge in [-0.15, -0.1) is 0 Å². The van der Waals surface area contributed by atoms with Crippen molar-refractivity contribution >= 4 is 15.9 Å². The number of amides is 1. The lowest BCUT2D eigenvalue weighted by Gasteiger charge is -2.26. The van der Waals surface area contributed by atoms with Crippen LogP contribution in [-0.2, 0) is 14.8 Å². The maximum absolute atomic E-state index is 11.9. The highest BCUT2D eigenvalue weighted by Crippen LogP contribution is 2.10. The van der Waals surface area contributed by atoms with Crippen molar-refractivity contribution < 1.29 is 13.2 Å². The van der Waals surface area contributed by atoms with E-state index >= 15 is 0 Å². The standard InChI is InChI=1S/C12H20N4O3S/c1-10-13-9-11(15-10)20(18,19)14-6-5-12(17)16-7-3-2-4-8-16/h9,14H,2-8H2,1H3,(H,13,15). The number of H-pyrrole nitrogens is 1. The molecule has 0 radical (unpaired) electrons. The van der Waals surface area contributed by atoms with E-state index in [1.807, 2.05) is 0 Å². The maximum atomic E-state index is 11.9. The van der Waals surface area contributed by atoms with Gasteiger partial charge in [-0.2, -0.15) is 0 Å². The molecule has 0 aliphatic carbocycles. The number of hydrogen-bond donors (Lipinski definition) is 2. The van der Waals surface area contributed by atoms with Crippen LogP contribution in [0.1, 0.15) is 31.5 Å². The van der Waals surface area contributed by atoms with Crippen LogP contribution in [0.4, 0.5) is 0 Å². The summed E-state index contributed by atoms with van der Waals surface area (Å²) in [6, 6.07) is 0. The van der Waals surface area contributed by atoms with E-state index in [1.54, 1.807) is 11.8 Å². The highest BCUT2D eigenvalue weighted by Gasteiger charge is 2.19. The Morgan fingerprint density at radius 2 is 2.10 bits per heavy atom. The molecule has 0 atom stereocenters. The number of imidazole rings is 1. The Balaban J connectivity index is 1.81. The number of carbonyl (C=O) groups excluding carboxylic acids is 1. The number of piperidine rings is 1. The molecule has 1 saturated heterocycles. The Bertz CT molecular complexity index is 561. The molecule has 1 amide bonds. The van der Waals surface area contributed by atoms with Crippen LogP contribution in [-0.4, -0.2) is 48.8 Å². The van der Waals surface area contributed by atoms with E-state index in [1.165, 1.54) is 6.20 Å². The summed E-state index contributed by atoms with van der Waals surface area (Å²) in [5.41, 5.74) is 0. The molecule has 112 valence electrons. The highest BCUT2D eigenvalue weighted by atomic mass is 32.2. The number of hydrogen-bond acceptors (Lipinski definition) is 4. The zero-order valence-electron chi connectivity index (χ0n) is 11.6. The smallest absolute Gasteiger partial charge is 0.257 e. The minimum absolute atomic E-state index is 0.00758. The Hall–Kier alpha value is -1.41. The number of rotatable bonds is 5. The molecule has 1 aromatic rings. The average Bonchev–Trinajstić information content (AvgIpc) is 2.87. The van der Waals surface area contributed by atoms with Gasteiger partial charge in [0.15, 0.2) is 5.03 Å². The second kappa shape index (κ2) is 6.36. The lowest BCUT2D eigenvalue weighted by molar-refractivity contribution is -0.131. The van der Waals surface area contributed by atoms with E-state index in [4.69, 9.17) is 0 Å². The Morgan fingerprint density at radius 1 is 1.40 bits per heavy atom. The van der Waals surface area contributed by atoms with Gasteiger partial charge in [0.25, 0.3) is 10.0 Å². The van der Waals surface area contributed by atoms with Gasteiger partial charge in [-0.05, 0) is 26.2 Å². The third-order valence-corrected chi connectivity index (χ3v) is 4.68. The van der Waals surface area contributed by atoms with Crippen molar-refractivity contribution in [2.45, 2.75) is 37.6 Å².